The minimum atomic E-state index is -3.76. The predicted molar refractivity (Wildman–Crippen MR) is 124 cm³/mol. The second-order valence-electron chi connectivity index (χ2n) is 6.80. The first kappa shape index (κ1) is 22.9. The highest BCUT2D eigenvalue weighted by Crippen LogP contribution is 2.26. The molecule has 0 radical (unpaired) electrons. The van der Waals surface area contributed by atoms with Gasteiger partial charge in [0.1, 0.15) is 5.75 Å². The molecule has 0 heterocycles. The predicted octanol–water partition coefficient (Wildman–Crippen LogP) is 5.51. The third kappa shape index (κ3) is 6.13. The molecule has 0 aromatic heterocycles. The van der Waals surface area contributed by atoms with E-state index in [2.05, 4.69) is 10.0 Å². The van der Waals surface area contributed by atoms with Gasteiger partial charge in [0.2, 0.25) is 0 Å². The van der Waals surface area contributed by atoms with Crippen molar-refractivity contribution < 1.29 is 17.9 Å². The number of amides is 1. The summed E-state index contributed by atoms with van der Waals surface area (Å²) >= 11 is 11.9. The fraction of sp³-hybridized carbons (Fsp3) is 0.136. The summed E-state index contributed by atoms with van der Waals surface area (Å²) in [6, 6.07) is 17.6. The largest absolute Gasteiger partial charge is 0.481 e. The molecule has 6 nitrogen and oxygen atoms in total. The molecule has 0 spiro atoms. The van der Waals surface area contributed by atoms with Gasteiger partial charge in [0.25, 0.3) is 15.9 Å². The standard InChI is InChI=1S/C22H20Cl2N2O4S/c1-14-8-9-18(13-21(14)26-31(28,29)20-6-4-3-5-7-20)25-22(27)15(2)30-19-11-16(23)10-17(24)12-19/h3-13,15,26H,1-2H3,(H,25,27). The average Bonchev–Trinajstić information content (AvgIpc) is 2.70. The van der Waals surface area contributed by atoms with Crippen molar-refractivity contribution >= 4 is 50.5 Å². The number of hydrogen-bond donors (Lipinski definition) is 2. The van der Waals surface area contributed by atoms with Gasteiger partial charge < -0.3 is 10.1 Å². The molecule has 2 N–H and O–H groups in total. The summed E-state index contributed by atoms with van der Waals surface area (Å²) in [6.07, 6.45) is -0.847. The van der Waals surface area contributed by atoms with Gasteiger partial charge in [-0.25, -0.2) is 8.42 Å². The summed E-state index contributed by atoms with van der Waals surface area (Å²) < 4.78 is 33.4. The van der Waals surface area contributed by atoms with E-state index in [9.17, 15) is 13.2 Å². The van der Waals surface area contributed by atoms with E-state index in [1.165, 1.54) is 12.1 Å². The number of nitrogens with one attached hydrogen (secondary N) is 2. The van der Waals surface area contributed by atoms with Crippen LogP contribution in [0.1, 0.15) is 12.5 Å². The molecule has 162 valence electrons. The van der Waals surface area contributed by atoms with Crippen molar-refractivity contribution in [1.82, 2.24) is 0 Å². The molecule has 3 aromatic rings. The van der Waals surface area contributed by atoms with Crippen molar-refractivity contribution in [1.29, 1.82) is 0 Å². The average molecular weight is 479 g/mol. The van der Waals surface area contributed by atoms with Crippen molar-refractivity contribution in [3.8, 4) is 5.75 Å². The second kappa shape index (κ2) is 9.60. The topological polar surface area (TPSA) is 84.5 Å². The van der Waals surface area contributed by atoms with Crippen LogP contribution < -0.4 is 14.8 Å². The van der Waals surface area contributed by atoms with Gasteiger partial charge in [-0.3, -0.25) is 9.52 Å². The zero-order valence-corrected chi connectivity index (χ0v) is 19.1. The van der Waals surface area contributed by atoms with Gasteiger partial charge in [0.05, 0.1) is 10.6 Å². The fourth-order valence-corrected chi connectivity index (χ4v) is 4.36. The molecule has 31 heavy (non-hydrogen) atoms. The lowest BCUT2D eigenvalue weighted by molar-refractivity contribution is -0.122. The molecular formula is C22H20Cl2N2O4S. The Balaban J connectivity index is 1.73. The summed E-state index contributed by atoms with van der Waals surface area (Å²) in [4.78, 5) is 12.7. The van der Waals surface area contributed by atoms with Crippen molar-refractivity contribution in [2.75, 3.05) is 10.0 Å². The number of benzene rings is 3. The van der Waals surface area contributed by atoms with Crippen LogP contribution >= 0.6 is 23.2 Å². The Hall–Kier alpha value is -2.74. The minimum Gasteiger partial charge on any atom is -0.481 e. The van der Waals surface area contributed by atoms with Gasteiger partial charge in [-0.2, -0.15) is 0 Å². The Morgan fingerprint density at radius 2 is 1.61 bits per heavy atom. The summed E-state index contributed by atoms with van der Waals surface area (Å²) in [7, 11) is -3.76. The van der Waals surface area contributed by atoms with E-state index >= 15 is 0 Å². The number of aryl methyl sites for hydroxylation is 1. The van der Waals surface area contributed by atoms with Crippen LogP contribution in [0.5, 0.6) is 5.75 Å². The number of rotatable bonds is 7. The Labute approximate surface area is 191 Å². The second-order valence-corrected chi connectivity index (χ2v) is 9.36. The Morgan fingerprint density at radius 3 is 2.26 bits per heavy atom. The maximum absolute atomic E-state index is 12.6. The van der Waals surface area contributed by atoms with Crippen molar-refractivity contribution in [3.63, 3.8) is 0 Å². The first-order valence-electron chi connectivity index (χ1n) is 9.26. The van der Waals surface area contributed by atoms with E-state index in [0.717, 1.165) is 0 Å². The number of sulfonamides is 1. The molecule has 1 amide bonds. The maximum atomic E-state index is 12.6. The van der Waals surface area contributed by atoms with Crippen molar-refractivity contribution in [3.05, 3.63) is 82.3 Å². The fourth-order valence-electron chi connectivity index (χ4n) is 2.71. The van der Waals surface area contributed by atoms with E-state index in [0.29, 0.717) is 32.7 Å². The molecule has 1 unspecified atom stereocenters. The first-order valence-corrected chi connectivity index (χ1v) is 11.5. The van der Waals surface area contributed by atoms with Gasteiger partial charge in [0, 0.05) is 15.7 Å². The molecule has 9 heteroatoms. The molecule has 0 aliphatic carbocycles. The smallest absolute Gasteiger partial charge is 0.265 e. The highest BCUT2D eigenvalue weighted by Gasteiger charge is 2.18. The molecule has 0 aliphatic rings. The zero-order chi connectivity index (χ0) is 22.6. The van der Waals surface area contributed by atoms with Crippen LogP contribution in [-0.4, -0.2) is 20.4 Å². The Bertz CT molecular complexity index is 1180. The monoisotopic (exact) mass is 478 g/mol. The third-order valence-corrected chi connectivity index (χ3v) is 6.14. The van der Waals surface area contributed by atoms with Gasteiger partial charge in [-0.15, -0.1) is 0 Å². The normalized spacial score (nSPS) is 12.1. The van der Waals surface area contributed by atoms with Gasteiger partial charge in [-0.1, -0.05) is 47.5 Å². The summed E-state index contributed by atoms with van der Waals surface area (Å²) in [5.41, 5.74) is 1.48. The van der Waals surface area contributed by atoms with Crippen LogP contribution in [0.4, 0.5) is 11.4 Å². The minimum absolute atomic E-state index is 0.144. The number of carbonyl (C=O) groups is 1. The Morgan fingerprint density at radius 1 is 0.968 bits per heavy atom. The number of ether oxygens (including phenoxy) is 1. The van der Waals surface area contributed by atoms with Crippen LogP contribution in [0, 0.1) is 6.92 Å². The molecule has 3 rings (SSSR count). The Kier molecular flexibility index (Phi) is 7.10. The lowest BCUT2D eigenvalue weighted by Crippen LogP contribution is -2.30. The molecule has 0 aliphatic heterocycles. The number of hydrogen-bond acceptors (Lipinski definition) is 4. The highest BCUT2D eigenvalue weighted by molar-refractivity contribution is 7.92. The molecular weight excluding hydrogens is 459 g/mol. The number of carbonyl (C=O) groups excluding carboxylic acids is 1. The molecule has 1 atom stereocenters. The molecule has 0 fully saturated rings. The van der Waals surface area contributed by atoms with Gasteiger partial charge in [-0.05, 0) is 61.9 Å². The zero-order valence-electron chi connectivity index (χ0n) is 16.7. The molecule has 3 aromatic carbocycles. The van der Waals surface area contributed by atoms with Crippen molar-refractivity contribution in [2.45, 2.75) is 24.8 Å². The number of halogens is 2. The van der Waals surface area contributed by atoms with Crippen molar-refractivity contribution in [2.24, 2.45) is 0 Å². The summed E-state index contributed by atoms with van der Waals surface area (Å²) in [6.45, 7) is 3.35. The molecule has 0 saturated carbocycles. The van der Waals surface area contributed by atoms with E-state index in [1.54, 1.807) is 68.4 Å². The lowest BCUT2D eigenvalue weighted by atomic mass is 10.2. The van der Waals surface area contributed by atoms with Crippen LogP contribution in [0.2, 0.25) is 10.0 Å². The van der Waals surface area contributed by atoms with Crippen LogP contribution in [0.15, 0.2) is 71.6 Å². The van der Waals surface area contributed by atoms with Crippen LogP contribution in [-0.2, 0) is 14.8 Å². The van der Waals surface area contributed by atoms with E-state index in [1.807, 2.05) is 0 Å². The highest BCUT2D eigenvalue weighted by atomic mass is 35.5. The van der Waals surface area contributed by atoms with Gasteiger partial charge >= 0.3 is 0 Å². The summed E-state index contributed by atoms with van der Waals surface area (Å²) in [5, 5.41) is 3.50. The summed E-state index contributed by atoms with van der Waals surface area (Å²) in [5.74, 6) is -0.0582. The quantitative estimate of drug-likeness (QED) is 0.468. The van der Waals surface area contributed by atoms with Crippen LogP contribution in [0.25, 0.3) is 0 Å². The lowest BCUT2D eigenvalue weighted by Gasteiger charge is -2.16. The van der Waals surface area contributed by atoms with Crippen LogP contribution in [0.3, 0.4) is 0 Å². The third-order valence-electron chi connectivity index (χ3n) is 4.32. The first-order chi connectivity index (χ1) is 14.6. The molecule has 0 saturated heterocycles. The van der Waals surface area contributed by atoms with Gasteiger partial charge in [0.15, 0.2) is 6.10 Å². The van der Waals surface area contributed by atoms with E-state index in [4.69, 9.17) is 27.9 Å². The van der Waals surface area contributed by atoms with E-state index < -0.39 is 22.0 Å². The maximum Gasteiger partial charge on any atom is 0.265 e. The SMILES string of the molecule is Cc1ccc(NC(=O)C(C)Oc2cc(Cl)cc(Cl)c2)cc1NS(=O)(=O)c1ccccc1. The van der Waals surface area contributed by atoms with E-state index in [-0.39, 0.29) is 4.90 Å². The number of anilines is 2. The molecule has 0 bridgehead atoms.